The summed E-state index contributed by atoms with van der Waals surface area (Å²) in [5.74, 6) is 0.567. The highest BCUT2D eigenvalue weighted by molar-refractivity contribution is 5.82. The Kier molecular flexibility index (Phi) is 6.96. The molecule has 0 unspecified atom stereocenters. The van der Waals surface area contributed by atoms with Gasteiger partial charge in [-0.1, -0.05) is 0 Å². The predicted octanol–water partition coefficient (Wildman–Crippen LogP) is 5.05. The Morgan fingerprint density at radius 1 is 1.00 bits per heavy atom. The zero-order valence-corrected chi connectivity index (χ0v) is 19.6. The fourth-order valence-corrected chi connectivity index (χ4v) is 3.86. The number of carbonyl (C=O) groups is 1. The first-order valence-corrected chi connectivity index (χ1v) is 11.1. The molecule has 34 heavy (non-hydrogen) atoms. The molecule has 0 aliphatic heterocycles. The lowest BCUT2D eigenvalue weighted by molar-refractivity contribution is -0.137. The second kappa shape index (κ2) is 10.2. The predicted molar refractivity (Wildman–Crippen MR) is 132 cm³/mol. The molecule has 0 fully saturated rings. The molecule has 2 aromatic carbocycles. The molecule has 0 aliphatic carbocycles. The SMILES string of the molecule is COc1cc(OC)cc(N(CCCCC(=O)O)c2ccc3ncc(-c4ccn(C)c4)nc3c2)c1. The second-order valence-corrected chi connectivity index (χ2v) is 8.07. The van der Waals surface area contributed by atoms with Crippen molar-refractivity contribution in [1.82, 2.24) is 14.5 Å². The van der Waals surface area contributed by atoms with Gasteiger partial charge in [0, 0.05) is 67.5 Å². The lowest BCUT2D eigenvalue weighted by atomic mass is 10.1. The number of methoxy groups -OCH3 is 2. The van der Waals surface area contributed by atoms with Gasteiger partial charge in [0.05, 0.1) is 37.1 Å². The van der Waals surface area contributed by atoms with E-state index in [1.165, 1.54) is 0 Å². The average Bonchev–Trinajstić information content (AvgIpc) is 3.29. The van der Waals surface area contributed by atoms with Crippen LogP contribution >= 0.6 is 0 Å². The quantitative estimate of drug-likeness (QED) is 0.331. The van der Waals surface area contributed by atoms with Gasteiger partial charge in [-0.3, -0.25) is 9.78 Å². The van der Waals surface area contributed by atoms with Crippen LogP contribution < -0.4 is 14.4 Å². The van der Waals surface area contributed by atoms with Crippen LogP contribution in [0.4, 0.5) is 11.4 Å². The smallest absolute Gasteiger partial charge is 0.303 e. The van der Waals surface area contributed by atoms with Gasteiger partial charge in [0.1, 0.15) is 11.5 Å². The van der Waals surface area contributed by atoms with Crippen molar-refractivity contribution in [1.29, 1.82) is 0 Å². The molecule has 2 aromatic heterocycles. The minimum atomic E-state index is -0.788. The van der Waals surface area contributed by atoms with Gasteiger partial charge in [0.15, 0.2) is 0 Å². The molecule has 4 rings (SSSR count). The van der Waals surface area contributed by atoms with E-state index >= 15 is 0 Å². The van der Waals surface area contributed by atoms with Gasteiger partial charge in [-0.15, -0.1) is 0 Å². The zero-order chi connectivity index (χ0) is 24.1. The molecule has 0 radical (unpaired) electrons. The van der Waals surface area contributed by atoms with E-state index in [1.54, 1.807) is 20.4 Å². The van der Waals surface area contributed by atoms with Crippen LogP contribution in [0.5, 0.6) is 11.5 Å². The van der Waals surface area contributed by atoms with Crippen LogP contribution in [0.25, 0.3) is 22.3 Å². The van der Waals surface area contributed by atoms with Gasteiger partial charge in [-0.25, -0.2) is 4.98 Å². The number of carboxylic acid groups (broad SMARTS) is 1. The summed E-state index contributed by atoms with van der Waals surface area (Å²) in [6.07, 6.45) is 7.20. The van der Waals surface area contributed by atoms with Crippen molar-refractivity contribution in [3.05, 3.63) is 61.1 Å². The second-order valence-electron chi connectivity index (χ2n) is 8.07. The van der Waals surface area contributed by atoms with Gasteiger partial charge in [-0.05, 0) is 37.1 Å². The Balaban J connectivity index is 1.73. The maximum Gasteiger partial charge on any atom is 0.303 e. The molecule has 0 saturated carbocycles. The summed E-state index contributed by atoms with van der Waals surface area (Å²) in [4.78, 5) is 22.6. The fraction of sp³-hybridized carbons (Fsp3) is 0.269. The number of unbranched alkanes of at least 4 members (excludes halogenated alkanes) is 1. The van der Waals surface area contributed by atoms with Gasteiger partial charge >= 0.3 is 5.97 Å². The van der Waals surface area contributed by atoms with E-state index in [0.29, 0.717) is 30.9 Å². The molecule has 8 nitrogen and oxygen atoms in total. The van der Waals surface area contributed by atoms with Crippen LogP contribution in [0.2, 0.25) is 0 Å². The number of aryl methyl sites for hydroxylation is 1. The lowest BCUT2D eigenvalue weighted by Crippen LogP contribution is -2.19. The van der Waals surface area contributed by atoms with Crippen LogP contribution in [-0.2, 0) is 11.8 Å². The van der Waals surface area contributed by atoms with Crippen LogP contribution in [0.3, 0.4) is 0 Å². The number of anilines is 2. The maximum atomic E-state index is 11.0. The van der Waals surface area contributed by atoms with Gasteiger partial charge in [0.25, 0.3) is 0 Å². The van der Waals surface area contributed by atoms with Crippen molar-refractivity contribution in [3.63, 3.8) is 0 Å². The summed E-state index contributed by atoms with van der Waals surface area (Å²) >= 11 is 0. The molecule has 4 aromatic rings. The highest BCUT2D eigenvalue weighted by Gasteiger charge is 2.15. The molecule has 1 N–H and O–H groups in total. The van der Waals surface area contributed by atoms with E-state index in [0.717, 1.165) is 33.7 Å². The van der Waals surface area contributed by atoms with Crippen molar-refractivity contribution in [2.45, 2.75) is 19.3 Å². The summed E-state index contributed by atoms with van der Waals surface area (Å²) in [7, 11) is 5.21. The molecule has 0 amide bonds. The third kappa shape index (κ3) is 5.28. The number of nitrogens with zero attached hydrogens (tertiary/aromatic N) is 4. The van der Waals surface area contributed by atoms with Crippen molar-refractivity contribution in [3.8, 4) is 22.8 Å². The van der Waals surface area contributed by atoms with E-state index in [-0.39, 0.29) is 6.42 Å². The van der Waals surface area contributed by atoms with Crippen molar-refractivity contribution < 1.29 is 19.4 Å². The third-order valence-electron chi connectivity index (χ3n) is 5.64. The topological polar surface area (TPSA) is 89.7 Å². The molecular weight excluding hydrogens is 432 g/mol. The number of benzene rings is 2. The number of rotatable bonds is 10. The van der Waals surface area contributed by atoms with E-state index < -0.39 is 5.97 Å². The summed E-state index contributed by atoms with van der Waals surface area (Å²) in [6, 6.07) is 13.7. The maximum absolute atomic E-state index is 11.0. The van der Waals surface area contributed by atoms with E-state index in [9.17, 15) is 4.79 Å². The third-order valence-corrected chi connectivity index (χ3v) is 5.64. The van der Waals surface area contributed by atoms with Crippen molar-refractivity contribution >= 4 is 28.4 Å². The molecule has 0 atom stereocenters. The van der Waals surface area contributed by atoms with Crippen molar-refractivity contribution in [2.75, 3.05) is 25.7 Å². The highest BCUT2D eigenvalue weighted by atomic mass is 16.5. The van der Waals surface area contributed by atoms with Gasteiger partial charge in [0.2, 0.25) is 0 Å². The first-order valence-electron chi connectivity index (χ1n) is 11.1. The molecule has 0 bridgehead atoms. The first kappa shape index (κ1) is 23.1. The molecule has 176 valence electrons. The number of hydrogen-bond donors (Lipinski definition) is 1. The largest absolute Gasteiger partial charge is 0.497 e. The van der Waals surface area contributed by atoms with Gasteiger partial charge in [-0.2, -0.15) is 0 Å². The monoisotopic (exact) mass is 460 g/mol. The summed E-state index contributed by atoms with van der Waals surface area (Å²) < 4.78 is 12.9. The standard InChI is InChI=1S/C26H28N4O4/c1-29-11-9-18(17-29)25-16-27-23-8-7-19(14-24(23)28-25)30(10-5-4-6-26(31)32)20-12-21(33-2)15-22(13-20)34-3/h7-9,11-17H,4-6,10H2,1-3H3,(H,31,32). The Bertz CT molecular complexity index is 1280. The van der Waals surface area contributed by atoms with E-state index in [2.05, 4.69) is 9.88 Å². The summed E-state index contributed by atoms with van der Waals surface area (Å²) in [5, 5.41) is 9.03. The van der Waals surface area contributed by atoms with Crippen molar-refractivity contribution in [2.24, 2.45) is 7.05 Å². The lowest BCUT2D eigenvalue weighted by Gasteiger charge is -2.26. The van der Waals surface area contributed by atoms with Crippen LogP contribution in [0, 0.1) is 0 Å². The summed E-state index contributed by atoms with van der Waals surface area (Å²) in [6.45, 7) is 0.626. The number of carboxylic acids is 1. The Hall–Kier alpha value is -4.07. The van der Waals surface area contributed by atoms with Crippen LogP contribution in [0.1, 0.15) is 19.3 Å². The number of ether oxygens (including phenoxy) is 2. The van der Waals surface area contributed by atoms with E-state index in [4.69, 9.17) is 19.6 Å². The Morgan fingerprint density at radius 2 is 1.76 bits per heavy atom. The van der Waals surface area contributed by atoms with Crippen LogP contribution in [0.15, 0.2) is 61.1 Å². The molecular formula is C26H28N4O4. The number of hydrogen-bond acceptors (Lipinski definition) is 6. The summed E-state index contributed by atoms with van der Waals surface area (Å²) in [5.41, 5.74) is 5.21. The minimum absolute atomic E-state index is 0.138. The molecule has 0 aliphatic rings. The highest BCUT2D eigenvalue weighted by Crippen LogP contribution is 2.34. The fourth-order valence-electron chi connectivity index (χ4n) is 3.86. The first-order chi connectivity index (χ1) is 16.5. The Labute approximate surface area is 198 Å². The number of aliphatic carboxylic acids is 1. The molecule has 2 heterocycles. The van der Waals surface area contributed by atoms with Gasteiger partial charge < -0.3 is 24.0 Å². The Morgan fingerprint density at radius 3 is 2.41 bits per heavy atom. The van der Waals surface area contributed by atoms with Crippen LogP contribution in [-0.4, -0.2) is 46.4 Å². The molecule has 0 saturated heterocycles. The van der Waals surface area contributed by atoms with E-state index in [1.807, 2.05) is 66.5 Å². The minimum Gasteiger partial charge on any atom is -0.497 e. The molecule has 0 spiro atoms. The average molecular weight is 461 g/mol. The zero-order valence-electron chi connectivity index (χ0n) is 19.6. The number of aromatic nitrogens is 3. The number of fused-ring (bicyclic) bond motifs is 1. The molecule has 8 heteroatoms. The normalized spacial score (nSPS) is 10.9.